The summed E-state index contributed by atoms with van der Waals surface area (Å²) in [7, 11) is 0. The first kappa shape index (κ1) is 13.1. The Morgan fingerprint density at radius 1 is 1.50 bits per heavy atom. The van der Waals surface area contributed by atoms with Gasteiger partial charge in [0.2, 0.25) is 6.10 Å². The molecule has 4 nitrogen and oxygen atoms in total. The van der Waals surface area contributed by atoms with Gasteiger partial charge in [0, 0.05) is 5.41 Å². The molecule has 0 amide bonds. The van der Waals surface area contributed by atoms with Gasteiger partial charge in [-0.05, 0) is 26.2 Å². The lowest BCUT2D eigenvalue weighted by Gasteiger charge is -2.25. The van der Waals surface area contributed by atoms with Crippen molar-refractivity contribution in [2.45, 2.75) is 46.1 Å². The normalized spacial score (nSPS) is 30.6. The van der Waals surface area contributed by atoms with E-state index < -0.39 is 17.5 Å². The van der Waals surface area contributed by atoms with Crippen LogP contribution in [0.15, 0.2) is 11.6 Å². The second-order valence-corrected chi connectivity index (χ2v) is 5.93. The van der Waals surface area contributed by atoms with Crippen LogP contribution in [0.4, 0.5) is 0 Å². The van der Waals surface area contributed by atoms with E-state index in [1.54, 1.807) is 0 Å². The molecule has 0 spiro atoms. The predicted molar refractivity (Wildman–Crippen MR) is 65.7 cm³/mol. The van der Waals surface area contributed by atoms with Crippen LogP contribution in [0.1, 0.15) is 40.0 Å². The van der Waals surface area contributed by atoms with Gasteiger partial charge in [-0.3, -0.25) is 4.79 Å². The molecule has 2 rings (SSSR count). The molecule has 0 aromatic heterocycles. The van der Waals surface area contributed by atoms with E-state index in [-0.39, 0.29) is 11.9 Å². The Kier molecular flexibility index (Phi) is 3.46. The molecule has 0 bridgehead atoms. The number of carbonyl (C=O) groups excluding carboxylic acids is 2. The predicted octanol–water partition coefficient (Wildman–Crippen LogP) is 2.23. The van der Waals surface area contributed by atoms with E-state index >= 15 is 0 Å². The van der Waals surface area contributed by atoms with Crippen molar-refractivity contribution in [1.82, 2.24) is 0 Å². The molecule has 0 aromatic carbocycles. The highest BCUT2D eigenvalue weighted by Crippen LogP contribution is 2.33. The van der Waals surface area contributed by atoms with Gasteiger partial charge in [0.1, 0.15) is 6.61 Å². The third-order valence-corrected chi connectivity index (χ3v) is 3.72. The zero-order chi connectivity index (χ0) is 13.3. The Morgan fingerprint density at radius 2 is 2.22 bits per heavy atom. The lowest BCUT2D eigenvalue weighted by Crippen LogP contribution is -2.37. The summed E-state index contributed by atoms with van der Waals surface area (Å²) >= 11 is 0. The molecule has 0 N–H and O–H groups in total. The van der Waals surface area contributed by atoms with Gasteiger partial charge in [-0.25, -0.2) is 4.79 Å². The van der Waals surface area contributed by atoms with Crippen molar-refractivity contribution >= 4 is 11.9 Å². The second-order valence-electron chi connectivity index (χ2n) is 5.93. The topological polar surface area (TPSA) is 52.6 Å². The Hall–Kier alpha value is -1.32. The van der Waals surface area contributed by atoms with Crippen LogP contribution in [0, 0.1) is 11.3 Å². The maximum Gasteiger partial charge on any atom is 0.348 e. The second kappa shape index (κ2) is 4.75. The molecule has 0 aromatic rings. The van der Waals surface area contributed by atoms with Gasteiger partial charge in [0.05, 0.1) is 5.92 Å². The molecule has 1 heterocycles. The van der Waals surface area contributed by atoms with Gasteiger partial charge in [0.25, 0.3) is 0 Å². The maximum atomic E-state index is 12.0. The van der Waals surface area contributed by atoms with Crippen molar-refractivity contribution in [2.24, 2.45) is 11.3 Å². The summed E-state index contributed by atoms with van der Waals surface area (Å²) in [4.78, 5) is 23.6. The lowest BCUT2D eigenvalue weighted by molar-refractivity contribution is -0.166. The van der Waals surface area contributed by atoms with Gasteiger partial charge < -0.3 is 9.47 Å². The molecule has 1 aliphatic heterocycles. The number of ether oxygens (including phenoxy) is 2. The van der Waals surface area contributed by atoms with E-state index in [0.29, 0.717) is 13.0 Å². The Bertz CT molecular complexity index is 395. The Balaban J connectivity index is 1.97. The average Bonchev–Trinajstić information content (AvgIpc) is 2.57. The minimum atomic E-state index is -0.753. The highest BCUT2D eigenvalue weighted by molar-refractivity contribution is 5.82. The first-order chi connectivity index (χ1) is 8.40. The van der Waals surface area contributed by atoms with Crippen molar-refractivity contribution in [1.29, 1.82) is 0 Å². The SMILES string of the molecule is CC1=CCC(C(=O)O[C@@H]2C(=O)OCC2(C)C)CC1. The molecule has 1 unspecified atom stereocenters. The van der Waals surface area contributed by atoms with Crippen molar-refractivity contribution < 1.29 is 19.1 Å². The molecule has 100 valence electrons. The van der Waals surface area contributed by atoms with Crippen molar-refractivity contribution in [3.63, 3.8) is 0 Å². The molecular weight excluding hydrogens is 232 g/mol. The summed E-state index contributed by atoms with van der Waals surface area (Å²) < 4.78 is 10.3. The summed E-state index contributed by atoms with van der Waals surface area (Å²) in [5, 5.41) is 0. The van der Waals surface area contributed by atoms with Crippen LogP contribution in [-0.4, -0.2) is 24.6 Å². The largest absolute Gasteiger partial charge is 0.462 e. The van der Waals surface area contributed by atoms with E-state index in [1.165, 1.54) is 5.57 Å². The number of cyclic esters (lactones) is 1. The van der Waals surface area contributed by atoms with Crippen LogP contribution in [0.25, 0.3) is 0 Å². The van der Waals surface area contributed by atoms with Gasteiger partial charge >= 0.3 is 11.9 Å². The summed E-state index contributed by atoms with van der Waals surface area (Å²) in [6.07, 6.45) is 3.78. The zero-order valence-corrected chi connectivity index (χ0v) is 11.2. The van der Waals surface area contributed by atoms with Crippen molar-refractivity contribution in [3.8, 4) is 0 Å². The fourth-order valence-corrected chi connectivity index (χ4v) is 2.33. The molecule has 2 aliphatic rings. The summed E-state index contributed by atoms with van der Waals surface area (Å²) in [6, 6.07) is 0. The quantitative estimate of drug-likeness (QED) is 0.558. The van der Waals surface area contributed by atoms with Crippen LogP contribution in [0.5, 0.6) is 0 Å². The van der Waals surface area contributed by atoms with Crippen molar-refractivity contribution in [3.05, 3.63) is 11.6 Å². The van der Waals surface area contributed by atoms with Gasteiger partial charge in [-0.1, -0.05) is 25.5 Å². The lowest BCUT2D eigenvalue weighted by atomic mass is 9.88. The molecule has 0 radical (unpaired) electrons. The van der Waals surface area contributed by atoms with Crippen LogP contribution in [0.2, 0.25) is 0 Å². The summed E-state index contributed by atoms with van der Waals surface area (Å²) in [5.41, 5.74) is 0.896. The van der Waals surface area contributed by atoms with Crippen LogP contribution in [-0.2, 0) is 19.1 Å². The number of allylic oxidation sites excluding steroid dienone is 2. The Morgan fingerprint density at radius 3 is 2.72 bits per heavy atom. The van der Waals surface area contributed by atoms with Crippen LogP contribution >= 0.6 is 0 Å². The monoisotopic (exact) mass is 252 g/mol. The number of esters is 2. The molecule has 1 saturated heterocycles. The van der Waals surface area contributed by atoms with E-state index in [2.05, 4.69) is 13.0 Å². The molecule has 18 heavy (non-hydrogen) atoms. The summed E-state index contributed by atoms with van der Waals surface area (Å²) in [5.74, 6) is -0.801. The van der Waals surface area contributed by atoms with E-state index in [9.17, 15) is 9.59 Å². The minimum absolute atomic E-state index is 0.113. The third kappa shape index (κ3) is 2.57. The molecule has 1 aliphatic carbocycles. The Labute approximate surface area is 107 Å². The highest BCUT2D eigenvalue weighted by Gasteiger charge is 2.47. The van der Waals surface area contributed by atoms with E-state index in [1.807, 2.05) is 13.8 Å². The van der Waals surface area contributed by atoms with Gasteiger partial charge in [0.15, 0.2) is 0 Å². The molecule has 4 heteroatoms. The highest BCUT2D eigenvalue weighted by atomic mass is 16.6. The standard InChI is InChI=1S/C14H20O4/c1-9-4-6-10(7-5-9)12(15)18-11-13(16)17-8-14(11,2)3/h4,10-11H,5-8H2,1-3H3/t10?,11-/m1/s1. The first-order valence-corrected chi connectivity index (χ1v) is 6.43. The fraction of sp³-hybridized carbons (Fsp3) is 0.714. The number of hydrogen-bond donors (Lipinski definition) is 0. The van der Waals surface area contributed by atoms with Crippen LogP contribution in [0.3, 0.4) is 0 Å². The summed E-state index contributed by atoms with van der Waals surface area (Å²) in [6.45, 7) is 6.13. The van der Waals surface area contributed by atoms with Crippen molar-refractivity contribution in [2.75, 3.05) is 6.61 Å². The van der Waals surface area contributed by atoms with E-state index in [4.69, 9.17) is 9.47 Å². The minimum Gasteiger partial charge on any atom is -0.462 e. The van der Waals surface area contributed by atoms with Gasteiger partial charge in [-0.2, -0.15) is 0 Å². The van der Waals surface area contributed by atoms with Crippen LogP contribution < -0.4 is 0 Å². The molecule has 1 fully saturated rings. The van der Waals surface area contributed by atoms with Gasteiger partial charge in [-0.15, -0.1) is 0 Å². The first-order valence-electron chi connectivity index (χ1n) is 6.43. The zero-order valence-electron chi connectivity index (χ0n) is 11.2. The third-order valence-electron chi connectivity index (χ3n) is 3.72. The smallest absolute Gasteiger partial charge is 0.348 e. The molecule has 2 atom stereocenters. The number of carbonyl (C=O) groups is 2. The number of hydrogen-bond acceptors (Lipinski definition) is 4. The maximum absolute atomic E-state index is 12.0. The number of rotatable bonds is 2. The molecular formula is C14H20O4. The average molecular weight is 252 g/mol. The van der Waals surface area contributed by atoms with E-state index in [0.717, 1.165) is 12.8 Å². The fourth-order valence-electron chi connectivity index (χ4n) is 2.33. The molecule has 0 saturated carbocycles.